The van der Waals surface area contributed by atoms with E-state index >= 15 is 0 Å². The molecule has 0 atom stereocenters. The lowest BCUT2D eigenvalue weighted by Gasteiger charge is -1.96. The highest BCUT2D eigenvalue weighted by molar-refractivity contribution is 9.10. The zero-order valence-electron chi connectivity index (χ0n) is 9.40. The van der Waals surface area contributed by atoms with Crippen LogP contribution in [-0.2, 0) is 6.42 Å². The van der Waals surface area contributed by atoms with Crippen molar-refractivity contribution in [2.45, 2.75) is 19.3 Å². The molecule has 0 amide bonds. The van der Waals surface area contributed by atoms with Crippen molar-refractivity contribution in [1.29, 1.82) is 0 Å². The van der Waals surface area contributed by atoms with Crippen LogP contribution >= 0.6 is 15.9 Å². The molecule has 17 heavy (non-hydrogen) atoms. The first kappa shape index (κ1) is 12.3. The summed E-state index contributed by atoms with van der Waals surface area (Å²) in [5.74, 6) is 1.30. The molecule has 90 valence electrons. The van der Waals surface area contributed by atoms with Gasteiger partial charge in [-0.1, -0.05) is 33.2 Å². The Morgan fingerprint density at radius 3 is 2.82 bits per heavy atom. The molecule has 2 rings (SSSR count). The van der Waals surface area contributed by atoms with Gasteiger partial charge in [0.15, 0.2) is 0 Å². The summed E-state index contributed by atoms with van der Waals surface area (Å²) in [7, 11) is 0. The molecule has 0 bridgehead atoms. The van der Waals surface area contributed by atoms with Crippen LogP contribution in [0, 0.1) is 0 Å². The Kier molecular flexibility index (Phi) is 4.28. The average Bonchev–Trinajstić information content (AvgIpc) is 2.79. The van der Waals surface area contributed by atoms with Crippen LogP contribution in [0.15, 0.2) is 33.3 Å². The Bertz CT molecular complexity index is 484. The van der Waals surface area contributed by atoms with Crippen molar-refractivity contribution >= 4 is 15.9 Å². The Hall–Kier alpha value is -1.20. The number of rotatable bonds is 5. The van der Waals surface area contributed by atoms with E-state index in [0.717, 1.165) is 29.3 Å². The number of nitrogens with two attached hydrogens (primary N) is 1. The predicted octanol–water partition coefficient (Wildman–Crippen LogP) is 2.78. The molecule has 4 nitrogen and oxygen atoms in total. The SMILES string of the molecule is NCCCCc1nc(-c2ccccc2Br)no1. The van der Waals surface area contributed by atoms with E-state index in [1.54, 1.807) is 0 Å². The first-order valence-electron chi connectivity index (χ1n) is 5.59. The molecular formula is C12H14BrN3O. The molecule has 2 aromatic rings. The Morgan fingerprint density at radius 2 is 2.06 bits per heavy atom. The van der Waals surface area contributed by atoms with Crippen LogP contribution in [0.25, 0.3) is 11.4 Å². The third kappa shape index (κ3) is 3.14. The topological polar surface area (TPSA) is 64.9 Å². The normalized spacial score (nSPS) is 10.7. The Balaban J connectivity index is 2.10. The van der Waals surface area contributed by atoms with Gasteiger partial charge in [0.1, 0.15) is 0 Å². The monoisotopic (exact) mass is 295 g/mol. The number of aryl methyl sites for hydroxylation is 1. The van der Waals surface area contributed by atoms with Gasteiger partial charge in [0, 0.05) is 16.5 Å². The summed E-state index contributed by atoms with van der Waals surface area (Å²) < 4.78 is 6.16. The fraction of sp³-hybridized carbons (Fsp3) is 0.333. The summed E-state index contributed by atoms with van der Waals surface area (Å²) in [5.41, 5.74) is 6.38. The number of hydrogen-bond acceptors (Lipinski definition) is 4. The number of hydrogen-bond donors (Lipinski definition) is 1. The van der Waals surface area contributed by atoms with Crippen LogP contribution in [0.4, 0.5) is 0 Å². The molecule has 1 aromatic carbocycles. The standard InChI is InChI=1S/C12H14BrN3O/c13-10-6-2-1-5-9(10)12-15-11(17-16-12)7-3-4-8-14/h1-2,5-6H,3-4,7-8,14H2. The van der Waals surface area contributed by atoms with Gasteiger partial charge in [0.05, 0.1) is 0 Å². The molecule has 0 saturated carbocycles. The first-order chi connectivity index (χ1) is 8.31. The van der Waals surface area contributed by atoms with E-state index in [9.17, 15) is 0 Å². The molecule has 5 heteroatoms. The van der Waals surface area contributed by atoms with E-state index in [-0.39, 0.29) is 0 Å². The van der Waals surface area contributed by atoms with Crippen LogP contribution < -0.4 is 5.73 Å². The molecule has 0 aliphatic rings. The van der Waals surface area contributed by atoms with Crippen molar-refractivity contribution in [3.63, 3.8) is 0 Å². The number of unbranched alkanes of at least 4 members (excludes halogenated alkanes) is 1. The first-order valence-corrected chi connectivity index (χ1v) is 6.38. The van der Waals surface area contributed by atoms with E-state index in [1.165, 1.54) is 0 Å². The zero-order valence-corrected chi connectivity index (χ0v) is 11.0. The zero-order chi connectivity index (χ0) is 12.1. The highest BCUT2D eigenvalue weighted by Gasteiger charge is 2.10. The van der Waals surface area contributed by atoms with Gasteiger partial charge >= 0.3 is 0 Å². The van der Waals surface area contributed by atoms with Crippen molar-refractivity contribution < 1.29 is 4.52 Å². The van der Waals surface area contributed by atoms with Crippen LogP contribution in [0.2, 0.25) is 0 Å². The van der Waals surface area contributed by atoms with Gasteiger partial charge in [0.25, 0.3) is 0 Å². The molecule has 0 aliphatic carbocycles. The second-order valence-corrected chi connectivity index (χ2v) is 4.59. The van der Waals surface area contributed by atoms with Crippen molar-refractivity contribution in [3.05, 3.63) is 34.6 Å². The lowest BCUT2D eigenvalue weighted by atomic mass is 10.2. The van der Waals surface area contributed by atoms with E-state index in [1.807, 2.05) is 24.3 Å². The molecule has 0 saturated heterocycles. The number of benzene rings is 1. The quantitative estimate of drug-likeness (QED) is 0.862. The summed E-state index contributed by atoms with van der Waals surface area (Å²) in [5, 5.41) is 3.98. The highest BCUT2D eigenvalue weighted by Crippen LogP contribution is 2.25. The third-order valence-corrected chi connectivity index (χ3v) is 3.12. The van der Waals surface area contributed by atoms with Gasteiger partial charge < -0.3 is 10.3 Å². The smallest absolute Gasteiger partial charge is 0.226 e. The van der Waals surface area contributed by atoms with Crippen molar-refractivity contribution in [3.8, 4) is 11.4 Å². The number of halogens is 1. The van der Waals surface area contributed by atoms with Crippen LogP contribution in [0.1, 0.15) is 18.7 Å². The fourth-order valence-corrected chi connectivity index (χ4v) is 1.99. The van der Waals surface area contributed by atoms with Crippen molar-refractivity contribution in [2.75, 3.05) is 6.54 Å². The molecule has 0 radical (unpaired) electrons. The maximum absolute atomic E-state index is 5.44. The van der Waals surface area contributed by atoms with Crippen molar-refractivity contribution in [2.24, 2.45) is 5.73 Å². The third-order valence-electron chi connectivity index (χ3n) is 2.43. The van der Waals surface area contributed by atoms with E-state index in [2.05, 4.69) is 26.1 Å². The minimum Gasteiger partial charge on any atom is -0.339 e. The highest BCUT2D eigenvalue weighted by atomic mass is 79.9. The van der Waals surface area contributed by atoms with E-state index in [0.29, 0.717) is 18.3 Å². The lowest BCUT2D eigenvalue weighted by Crippen LogP contribution is -1.99. The van der Waals surface area contributed by atoms with Crippen molar-refractivity contribution in [1.82, 2.24) is 10.1 Å². The minimum atomic E-state index is 0.625. The van der Waals surface area contributed by atoms with Gasteiger partial charge in [-0.3, -0.25) is 0 Å². The van der Waals surface area contributed by atoms with Gasteiger partial charge in [-0.25, -0.2) is 0 Å². The number of nitrogens with zero attached hydrogens (tertiary/aromatic N) is 2. The molecule has 0 aliphatic heterocycles. The summed E-state index contributed by atoms with van der Waals surface area (Å²) >= 11 is 3.47. The molecule has 1 heterocycles. The van der Waals surface area contributed by atoms with Gasteiger partial charge in [-0.05, 0) is 31.5 Å². The fourth-order valence-electron chi connectivity index (χ4n) is 1.53. The maximum atomic E-state index is 5.44. The minimum absolute atomic E-state index is 0.625. The summed E-state index contributed by atoms with van der Waals surface area (Å²) in [6.07, 6.45) is 2.75. The second-order valence-electron chi connectivity index (χ2n) is 3.74. The summed E-state index contributed by atoms with van der Waals surface area (Å²) in [4.78, 5) is 4.36. The van der Waals surface area contributed by atoms with Crippen LogP contribution in [-0.4, -0.2) is 16.7 Å². The van der Waals surface area contributed by atoms with Crippen LogP contribution in [0.3, 0.4) is 0 Å². The second kappa shape index (κ2) is 5.93. The molecule has 0 unspecified atom stereocenters. The molecule has 2 N–H and O–H groups in total. The average molecular weight is 296 g/mol. The predicted molar refractivity (Wildman–Crippen MR) is 69.4 cm³/mol. The summed E-state index contributed by atoms with van der Waals surface area (Å²) in [6.45, 7) is 0.700. The molecule has 0 fully saturated rings. The molecule has 0 spiro atoms. The van der Waals surface area contributed by atoms with Gasteiger partial charge in [-0.2, -0.15) is 4.98 Å². The van der Waals surface area contributed by atoms with Gasteiger partial charge in [-0.15, -0.1) is 0 Å². The number of aromatic nitrogens is 2. The van der Waals surface area contributed by atoms with E-state index < -0.39 is 0 Å². The lowest BCUT2D eigenvalue weighted by molar-refractivity contribution is 0.375. The Morgan fingerprint density at radius 1 is 1.24 bits per heavy atom. The largest absolute Gasteiger partial charge is 0.339 e. The van der Waals surface area contributed by atoms with Crippen LogP contribution in [0.5, 0.6) is 0 Å². The maximum Gasteiger partial charge on any atom is 0.226 e. The van der Waals surface area contributed by atoms with E-state index in [4.69, 9.17) is 10.3 Å². The van der Waals surface area contributed by atoms with Gasteiger partial charge in [0.2, 0.25) is 11.7 Å². The Labute approximate surface area is 108 Å². The molecular weight excluding hydrogens is 282 g/mol. The molecule has 1 aromatic heterocycles. The summed E-state index contributed by atoms with van der Waals surface area (Å²) in [6, 6.07) is 7.82.